The number of nitrogens with zero attached hydrogens (tertiary/aromatic N) is 2. The van der Waals surface area contributed by atoms with Gasteiger partial charge in [0, 0.05) is 22.4 Å². The Kier molecular flexibility index (Phi) is 6.71. The van der Waals surface area contributed by atoms with Gasteiger partial charge in [0.1, 0.15) is 29.0 Å². The number of hydrogen-bond acceptors (Lipinski definition) is 6. The number of rotatable bonds is 6. The number of hydrogen-bond donors (Lipinski definition) is 4. The predicted molar refractivity (Wildman–Crippen MR) is 122 cm³/mol. The number of phenols is 1. The van der Waals surface area contributed by atoms with Crippen LogP contribution in [-0.4, -0.2) is 22.0 Å². The molecule has 1 aromatic heterocycles. The number of carbonyl (C=O) groups is 1. The molecule has 0 fully saturated rings. The van der Waals surface area contributed by atoms with Crippen molar-refractivity contribution in [2.45, 2.75) is 26.3 Å². The molecule has 0 aliphatic heterocycles. The summed E-state index contributed by atoms with van der Waals surface area (Å²) in [6.07, 6.45) is 0.503. The zero-order valence-electron chi connectivity index (χ0n) is 17.8. The van der Waals surface area contributed by atoms with Crippen molar-refractivity contribution in [1.82, 2.24) is 4.98 Å². The van der Waals surface area contributed by atoms with Crippen LogP contribution in [0.5, 0.6) is 5.75 Å². The van der Waals surface area contributed by atoms with Crippen LogP contribution < -0.4 is 16.8 Å². The Morgan fingerprint density at radius 2 is 1.91 bits per heavy atom. The number of benzene rings is 2. The van der Waals surface area contributed by atoms with Gasteiger partial charge in [-0.25, -0.2) is 9.37 Å². The Labute approximate surface area is 185 Å². The molecule has 0 unspecified atom stereocenters. The largest absolute Gasteiger partial charge is 0.507 e. The molecule has 1 amide bonds. The lowest BCUT2D eigenvalue weighted by atomic mass is 9.97. The molecule has 0 bridgehead atoms. The van der Waals surface area contributed by atoms with Crippen LogP contribution in [-0.2, 0) is 4.79 Å². The number of halogens is 1. The quantitative estimate of drug-likeness (QED) is 0.463. The number of carbonyl (C=O) groups excluding carboxylic acids is 1. The maximum absolute atomic E-state index is 14.8. The summed E-state index contributed by atoms with van der Waals surface area (Å²) in [5.74, 6) is -0.891. The number of anilines is 2. The van der Waals surface area contributed by atoms with E-state index in [0.29, 0.717) is 17.7 Å². The highest BCUT2D eigenvalue weighted by Crippen LogP contribution is 2.36. The van der Waals surface area contributed by atoms with Crippen molar-refractivity contribution in [1.29, 1.82) is 5.26 Å². The molecule has 0 aliphatic rings. The highest BCUT2D eigenvalue weighted by atomic mass is 19.1. The van der Waals surface area contributed by atoms with Gasteiger partial charge < -0.3 is 21.9 Å². The topological polar surface area (TPSA) is 138 Å². The first-order valence-electron chi connectivity index (χ1n) is 10.1. The number of nitriles is 1. The summed E-state index contributed by atoms with van der Waals surface area (Å²) < 4.78 is 14.8. The molecule has 0 spiro atoms. The smallest absolute Gasteiger partial charge is 0.241 e. The Morgan fingerprint density at radius 1 is 1.19 bits per heavy atom. The monoisotopic (exact) mass is 433 g/mol. The van der Waals surface area contributed by atoms with E-state index in [4.69, 9.17) is 11.5 Å². The second kappa shape index (κ2) is 9.45. The summed E-state index contributed by atoms with van der Waals surface area (Å²) in [5, 5.41) is 22.5. The molecule has 0 saturated heterocycles. The fourth-order valence-corrected chi connectivity index (χ4v) is 3.38. The molecule has 0 aliphatic carbocycles. The Morgan fingerprint density at radius 3 is 2.56 bits per heavy atom. The van der Waals surface area contributed by atoms with Gasteiger partial charge in [-0.05, 0) is 48.7 Å². The molecule has 7 nitrogen and oxygen atoms in total. The van der Waals surface area contributed by atoms with Crippen molar-refractivity contribution in [3.05, 3.63) is 59.9 Å². The molecule has 1 atom stereocenters. The highest BCUT2D eigenvalue weighted by Gasteiger charge is 2.20. The molecule has 0 saturated carbocycles. The van der Waals surface area contributed by atoms with Gasteiger partial charge in [0.05, 0.1) is 11.7 Å². The second-order valence-corrected chi connectivity index (χ2v) is 7.86. The third kappa shape index (κ3) is 4.85. The summed E-state index contributed by atoms with van der Waals surface area (Å²) in [7, 11) is 0. The number of nitrogens with one attached hydrogen (secondary N) is 1. The van der Waals surface area contributed by atoms with E-state index in [1.807, 2.05) is 19.9 Å². The minimum absolute atomic E-state index is 0.0111. The lowest BCUT2D eigenvalue weighted by Gasteiger charge is -2.16. The minimum Gasteiger partial charge on any atom is -0.507 e. The van der Waals surface area contributed by atoms with E-state index >= 15 is 0 Å². The van der Waals surface area contributed by atoms with Gasteiger partial charge in [-0.2, -0.15) is 5.26 Å². The number of pyridine rings is 1. The van der Waals surface area contributed by atoms with Gasteiger partial charge in [0.15, 0.2) is 0 Å². The summed E-state index contributed by atoms with van der Waals surface area (Å²) in [6, 6.07) is 13.2. The van der Waals surface area contributed by atoms with E-state index in [-0.39, 0.29) is 45.8 Å². The lowest BCUT2D eigenvalue weighted by molar-refractivity contribution is -0.117. The standard InChI is InChI=1S/C24H24FN5O2/c1-13(2)9-20(27)24(32)29-14-7-8-19(25)17(10-14)16-11-21(30-23(28)18(16)12-26)15-5-3-4-6-22(15)31/h3-8,10-11,13,20,31H,9,27H2,1-2H3,(H2,28,30)(H,29,32)/t20-/m0/s1. The number of nitrogens with two attached hydrogens (primary N) is 2. The number of aromatic hydroxyl groups is 1. The molecule has 6 N–H and O–H groups in total. The second-order valence-electron chi connectivity index (χ2n) is 7.86. The van der Waals surface area contributed by atoms with E-state index in [2.05, 4.69) is 10.3 Å². The maximum Gasteiger partial charge on any atom is 0.241 e. The number of phenolic OH excluding ortho intramolecular Hbond substituents is 1. The first-order chi connectivity index (χ1) is 15.2. The number of amides is 1. The Bertz CT molecular complexity index is 1200. The number of aromatic nitrogens is 1. The molecule has 32 heavy (non-hydrogen) atoms. The van der Waals surface area contributed by atoms with E-state index < -0.39 is 11.9 Å². The van der Waals surface area contributed by atoms with Crippen LogP contribution in [0.3, 0.4) is 0 Å². The van der Waals surface area contributed by atoms with Crippen molar-refractivity contribution in [2.24, 2.45) is 11.7 Å². The SMILES string of the molecule is CC(C)C[C@H](N)C(=O)Nc1ccc(F)c(-c2cc(-c3ccccc3O)nc(N)c2C#N)c1. The van der Waals surface area contributed by atoms with Crippen LogP contribution in [0.25, 0.3) is 22.4 Å². The fraction of sp³-hybridized carbons (Fsp3) is 0.208. The molecule has 3 aromatic rings. The first kappa shape index (κ1) is 22.7. The van der Waals surface area contributed by atoms with Crippen LogP contribution in [0.15, 0.2) is 48.5 Å². The minimum atomic E-state index is -0.706. The van der Waals surface area contributed by atoms with Crippen LogP contribution in [0, 0.1) is 23.1 Å². The molecular weight excluding hydrogens is 409 g/mol. The summed E-state index contributed by atoms with van der Waals surface area (Å²) in [6.45, 7) is 3.92. The average molecular weight is 433 g/mol. The van der Waals surface area contributed by atoms with Crippen LogP contribution >= 0.6 is 0 Å². The number of para-hydroxylation sites is 1. The molecule has 2 aromatic carbocycles. The van der Waals surface area contributed by atoms with Crippen molar-refractivity contribution < 1.29 is 14.3 Å². The van der Waals surface area contributed by atoms with E-state index in [0.717, 1.165) is 0 Å². The molecule has 8 heteroatoms. The zero-order valence-corrected chi connectivity index (χ0v) is 17.8. The van der Waals surface area contributed by atoms with Crippen molar-refractivity contribution in [3.63, 3.8) is 0 Å². The van der Waals surface area contributed by atoms with Crippen molar-refractivity contribution in [3.8, 4) is 34.2 Å². The third-order valence-corrected chi connectivity index (χ3v) is 4.93. The summed E-state index contributed by atoms with van der Waals surface area (Å²) >= 11 is 0. The Hall–Kier alpha value is -3.96. The lowest BCUT2D eigenvalue weighted by Crippen LogP contribution is -2.36. The average Bonchev–Trinajstić information content (AvgIpc) is 2.74. The third-order valence-electron chi connectivity index (χ3n) is 4.93. The summed E-state index contributed by atoms with van der Waals surface area (Å²) in [4.78, 5) is 16.6. The van der Waals surface area contributed by atoms with E-state index in [9.17, 15) is 19.6 Å². The first-order valence-corrected chi connectivity index (χ1v) is 10.1. The van der Waals surface area contributed by atoms with Crippen LogP contribution in [0.1, 0.15) is 25.8 Å². The van der Waals surface area contributed by atoms with Crippen molar-refractivity contribution in [2.75, 3.05) is 11.1 Å². The van der Waals surface area contributed by atoms with Gasteiger partial charge in [0.2, 0.25) is 5.91 Å². The van der Waals surface area contributed by atoms with E-state index in [1.54, 1.807) is 18.2 Å². The van der Waals surface area contributed by atoms with E-state index in [1.165, 1.54) is 30.3 Å². The van der Waals surface area contributed by atoms with Crippen LogP contribution in [0.4, 0.5) is 15.9 Å². The fourth-order valence-electron chi connectivity index (χ4n) is 3.38. The molecule has 164 valence electrons. The number of nitrogen functional groups attached to an aromatic ring is 1. The van der Waals surface area contributed by atoms with Gasteiger partial charge in [0.25, 0.3) is 0 Å². The van der Waals surface area contributed by atoms with Gasteiger partial charge in [-0.3, -0.25) is 4.79 Å². The highest BCUT2D eigenvalue weighted by molar-refractivity contribution is 5.95. The molecule has 1 heterocycles. The predicted octanol–water partition coefficient (Wildman–Crippen LogP) is 4.03. The van der Waals surface area contributed by atoms with Gasteiger partial charge >= 0.3 is 0 Å². The van der Waals surface area contributed by atoms with Gasteiger partial charge in [-0.15, -0.1) is 0 Å². The zero-order chi connectivity index (χ0) is 23.4. The summed E-state index contributed by atoms with van der Waals surface area (Å²) in [5.41, 5.74) is 13.2. The van der Waals surface area contributed by atoms with Crippen LogP contribution in [0.2, 0.25) is 0 Å². The molecular formula is C24H24FN5O2. The molecule has 0 radical (unpaired) electrons. The van der Waals surface area contributed by atoms with Crippen molar-refractivity contribution >= 4 is 17.4 Å². The Balaban J connectivity index is 2.07. The maximum atomic E-state index is 14.8. The van der Waals surface area contributed by atoms with Gasteiger partial charge in [-0.1, -0.05) is 26.0 Å². The molecule has 3 rings (SSSR count). The normalized spacial score (nSPS) is 11.8.